The first-order chi connectivity index (χ1) is 16.0. The lowest BCUT2D eigenvalue weighted by atomic mass is 9.76. The van der Waals surface area contributed by atoms with Crippen molar-refractivity contribution in [2.45, 2.75) is 77.0 Å². The fraction of sp³-hybridized carbons (Fsp3) is 0.480. The van der Waals surface area contributed by atoms with Crippen LogP contribution in [0, 0.1) is 6.92 Å². The van der Waals surface area contributed by atoms with Gasteiger partial charge in [0.05, 0.1) is 18.3 Å². The van der Waals surface area contributed by atoms with Gasteiger partial charge in [-0.05, 0) is 85.1 Å². The van der Waals surface area contributed by atoms with Crippen LogP contribution in [0.3, 0.4) is 0 Å². The Hall–Kier alpha value is -2.40. The molecule has 0 bridgehead atoms. The summed E-state index contributed by atoms with van der Waals surface area (Å²) < 4.78 is 45.6. The molecule has 2 N–H and O–H groups in total. The summed E-state index contributed by atoms with van der Waals surface area (Å²) in [6.07, 6.45) is 0. The molecule has 0 unspecified atom stereocenters. The SMILES string of the molecule is COc1cc(NC(=O)c2ccc(B3OC(C)(C)C(C)(C)O3)c(C)c2)ccc1S(=O)(=O)NC(C)(C)C. The van der Waals surface area contributed by atoms with Crippen molar-refractivity contribution in [2.75, 3.05) is 12.4 Å². The summed E-state index contributed by atoms with van der Waals surface area (Å²) in [7, 11) is -2.94. The normalized spacial score (nSPS) is 17.3. The maximum atomic E-state index is 12.9. The van der Waals surface area contributed by atoms with Crippen molar-refractivity contribution in [3.05, 3.63) is 47.5 Å². The van der Waals surface area contributed by atoms with Crippen LogP contribution in [0.15, 0.2) is 41.3 Å². The molecule has 0 aliphatic carbocycles. The van der Waals surface area contributed by atoms with E-state index in [0.717, 1.165) is 11.0 Å². The maximum Gasteiger partial charge on any atom is 0.495 e. The van der Waals surface area contributed by atoms with Gasteiger partial charge in [-0.1, -0.05) is 11.6 Å². The van der Waals surface area contributed by atoms with Crippen LogP contribution >= 0.6 is 0 Å². The van der Waals surface area contributed by atoms with Crippen molar-refractivity contribution >= 4 is 34.2 Å². The second-order valence-electron chi connectivity index (χ2n) is 10.8. The van der Waals surface area contributed by atoms with E-state index < -0.39 is 33.9 Å². The van der Waals surface area contributed by atoms with E-state index in [1.165, 1.54) is 25.3 Å². The Balaban J connectivity index is 1.80. The van der Waals surface area contributed by atoms with Gasteiger partial charge in [-0.15, -0.1) is 0 Å². The summed E-state index contributed by atoms with van der Waals surface area (Å²) in [5, 5.41) is 2.81. The average molecular weight is 502 g/mol. The monoisotopic (exact) mass is 502 g/mol. The molecular formula is C25H35BN2O6S. The Morgan fingerprint density at radius 2 is 1.60 bits per heavy atom. The third-order valence-corrected chi connectivity index (χ3v) is 7.99. The van der Waals surface area contributed by atoms with Gasteiger partial charge in [0.2, 0.25) is 10.0 Å². The molecule has 0 radical (unpaired) electrons. The number of sulfonamides is 1. The number of carbonyl (C=O) groups is 1. The van der Waals surface area contributed by atoms with Crippen LogP contribution in [0.4, 0.5) is 5.69 Å². The number of nitrogens with one attached hydrogen (secondary N) is 2. The van der Waals surface area contributed by atoms with Gasteiger partial charge in [-0.2, -0.15) is 0 Å². The summed E-state index contributed by atoms with van der Waals surface area (Å²) in [4.78, 5) is 12.9. The van der Waals surface area contributed by atoms with Crippen LogP contribution in [0.1, 0.15) is 64.4 Å². The number of hydrogen-bond acceptors (Lipinski definition) is 6. The minimum Gasteiger partial charge on any atom is -0.495 e. The van der Waals surface area contributed by atoms with Gasteiger partial charge in [0, 0.05) is 22.9 Å². The Bertz CT molecular complexity index is 1220. The lowest BCUT2D eigenvalue weighted by Crippen LogP contribution is -2.41. The van der Waals surface area contributed by atoms with Crippen LogP contribution in [-0.4, -0.2) is 45.3 Å². The summed E-state index contributed by atoms with van der Waals surface area (Å²) in [6, 6.07) is 9.75. The Morgan fingerprint density at radius 1 is 1.00 bits per heavy atom. The van der Waals surface area contributed by atoms with E-state index in [9.17, 15) is 13.2 Å². The van der Waals surface area contributed by atoms with E-state index >= 15 is 0 Å². The van der Waals surface area contributed by atoms with E-state index in [1.807, 2.05) is 40.7 Å². The molecule has 3 rings (SSSR count). The first-order valence-electron chi connectivity index (χ1n) is 11.5. The summed E-state index contributed by atoms with van der Waals surface area (Å²) >= 11 is 0. The number of ether oxygens (including phenoxy) is 1. The zero-order valence-electron chi connectivity index (χ0n) is 21.9. The smallest absolute Gasteiger partial charge is 0.495 e. The molecule has 1 saturated heterocycles. The highest BCUT2D eigenvalue weighted by Crippen LogP contribution is 2.36. The molecule has 1 amide bonds. The minimum absolute atomic E-state index is 0.00414. The van der Waals surface area contributed by atoms with Crippen molar-refractivity contribution in [1.29, 1.82) is 0 Å². The highest BCUT2D eigenvalue weighted by molar-refractivity contribution is 7.89. The molecule has 35 heavy (non-hydrogen) atoms. The number of hydrogen-bond donors (Lipinski definition) is 2. The average Bonchev–Trinajstić information content (AvgIpc) is 2.92. The zero-order chi connectivity index (χ0) is 26.4. The van der Waals surface area contributed by atoms with Crippen LogP contribution in [0.25, 0.3) is 0 Å². The fourth-order valence-corrected chi connectivity index (χ4v) is 5.25. The largest absolute Gasteiger partial charge is 0.495 e. The minimum atomic E-state index is -3.80. The van der Waals surface area contributed by atoms with Gasteiger partial charge in [-0.3, -0.25) is 4.79 Å². The predicted octanol–water partition coefficient (Wildman–Crippen LogP) is 3.63. The van der Waals surface area contributed by atoms with Crippen molar-refractivity contribution in [3.63, 3.8) is 0 Å². The molecule has 0 spiro atoms. The van der Waals surface area contributed by atoms with Gasteiger partial charge < -0.3 is 19.4 Å². The van der Waals surface area contributed by atoms with E-state index in [-0.39, 0.29) is 16.6 Å². The number of anilines is 1. The number of methoxy groups -OCH3 is 1. The molecule has 8 nitrogen and oxygen atoms in total. The van der Waals surface area contributed by atoms with Crippen LogP contribution < -0.4 is 20.2 Å². The van der Waals surface area contributed by atoms with Crippen LogP contribution in [0.5, 0.6) is 5.75 Å². The van der Waals surface area contributed by atoms with Gasteiger partial charge in [0.25, 0.3) is 5.91 Å². The molecule has 190 valence electrons. The highest BCUT2D eigenvalue weighted by atomic mass is 32.2. The Labute approximate surface area is 208 Å². The standard InChI is InChI=1S/C25H35BN2O6S/c1-16-14-17(10-12-19(16)26-33-24(5,6)25(7,8)34-26)22(29)27-18-11-13-21(20(15-18)32-9)35(30,31)28-23(2,3)4/h10-15,28H,1-9H3,(H,27,29). The Kier molecular flexibility index (Phi) is 7.18. The number of rotatable bonds is 6. The van der Waals surface area contributed by atoms with Crippen molar-refractivity contribution in [2.24, 2.45) is 0 Å². The number of aryl methyl sites for hydroxylation is 1. The molecule has 1 aliphatic rings. The van der Waals surface area contributed by atoms with Crippen molar-refractivity contribution in [1.82, 2.24) is 4.72 Å². The second-order valence-corrected chi connectivity index (χ2v) is 12.5. The molecule has 10 heteroatoms. The quantitative estimate of drug-likeness (QED) is 0.585. The van der Waals surface area contributed by atoms with Crippen LogP contribution in [-0.2, 0) is 19.3 Å². The number of carbonyl (C=O) groups excluding carboxylic acids is 1. The maximum absolute atomic E-state index is 12.9. The van der Waals surface area contributed by atoms with Gasteiger partial charge in [0.15, 0.2) is 0 Å². The molecule has 2 aromatic rings. The van der Waals surface area contributed by atoms with Gasteiger partial charge in [0.1, 0.15) is 10.6 Å². The molecule has 1 aliphatic heterocycles. The third kappa shape index (κ3) is 5.89. The molecule has 0 atom stereocenters. The highest BCUT2D eigenvalue weighted by Gasteiger charge is 2.52. The lowest BCUT2D eigenvalue weighted by Gasteiger charge is -2.32. The van der Waals surface area contributed by atoms with E-state index in [2.05, 4.69) is 10.0 Å². The molecule has 1 heterocycles. The number of amides is 1. The molecule has 1 fully saturated rings. The summed E-state index contributed by atoms with van der Waals surface area (Å²) in [5.41, 5.74) is 1.02. The van der Waals surface area contributed by atoms with Gasteiger partial charge in [-0.25, -0.2) is 13.1 Å². The van der Waals surface area contributed by atoms with Crippen molar-refractivity contribution in [3.8, 4) is 5.75 Å². The summed E-state index contributed by atoms with van der Waals surface area (Å²) in [6.45, 7) is 15.1. The lowest BCUT2D eigenvalue weighted by molar-refractivity contribution is 0.00578. The van der Waals surface area contributed by atoms with Crippen molar-refractivity contribution < 1.29 is 27.3 Å². The fourth-order valence-electron chi connectivity index (χ4n) is 3.68. The zero-order valence-corrected chi connectivity index (χ0v) is 22.7. The Morgan fingerprint density at radius 3 is 2.11 bits per heavy atom. The molecule has 0 aromatic heterocycles. The van der Waals surface area contributed by atoms with Gasteiger partial charge >= 0.3 is 7.12 Å². The topological polar surface area (TPSA) is 103 Å². The third-order valence-electron chi connectivity index (χ3n) is 6.19. The molecular weight excluding hydrogens is 467 g/mol. The van der Waals surface area contributed by atoms with Crippen LogP contribution in [0.2, 0.25) is 0 Å². The predicted molar refractivity (Wildman–Crippen MR) is 138 cm³/mol. The number of benzene rings is 2. The second kappa shape index (κ2) is 9.24. The van der Waals surface area contributed by atoms with E-state index in [1.54, 1.807) is 32.9 Å². The molecule has 0 saturated carbocycles. The van der Waals surface area contributed by atoms with E-state index in [4.69, 9.17) is 14.0 Å². The first kappa shape index (κ1) is 27.2. The van der Waals surface area contributed by atoms with E-state index in [0.29, 0.717) is 11.3 Å². The summed E-state index contributed by atoms with van der Waals surface area (Å²) in [5.74, 6) is -0.203. The molecule has 2 aromatic carbocycles. The first-order valence-corrected chi connectivity index (χ1v) is 12.9.